The van der Waals surface area contributed by atoms with Crippen LogP contribution in [0.25, 0.3) is 0 Å². The van der Waals surface area contributed by atoms with Crippen molar-refractivity contribution in [2.24, 2.45) is 0 Å². The van der Waals surface area contributed by atoms with Crippen molar-refractivity contribution in [1.29, 1.82) is 0 Å². The molecule has 0 unspecified atom stereocenters. The van der Waals surface area contributed by atoms with Gasteiger partial charge in [0.05, 0.1) is 0 Å². The summed E-state index contributed by atoms with van der Waals surface area (Å²) in [6.45, 7) is 0. The van der Waals surface area contributed by atoms with Crippen molar-refractivity contribution in [3.05, 3.63) is 24.3 Å². The summed E-state index contributed by atoms with van der Waals surface area (Å²) in [5.41, 5.74) is 0. The van der Waals surface area contributed by atoms with Crippen molar-refractivity contribution in [3.63, 3.8) is 0 Å². The van der Waals surface area contributed by atoms with Crippen LogP contribution in [0.1, 0.15) is 12.8 Å². The Hall–Kier alpha value is -0.422. The molecule has 1 nitrogen and oxygen atoms in total. The molecule has 1 fully saturated rings. The molecule has 2 rings (SSSR count). The van der Waals surface area contributed by atoms with E-state index in [1.54, 1.807) is 11.5 Å². The fraction of sp³-hybridized carbons (Fsp3) is 0.455. The van der Waals surface area contributed by atoms with E-state index in [1.165, 1.54) is 23.3 Å². The molecule has 0 bridgehead atoms. The van der Waals surface area contributed by atoms with E-state index in [-0.39, 0.29) is 0 Å². The second-order valence-corrected chi connectivity index (χ2v) is 8.62. The van der Waals surface area contributed by atoms with Crippen LogP contribution in [-0.2, 0) is 0 Å². The van der Waals surface area contributed by atoms with Crippen LogP contribution in [0.2, 0.25) is 10.4 Å². The van der Waals surface area contributed by atoms with Crippen molar-refractivity contribution >= 4 is 19.0 Å². The average Bonchev–Trinajstić information content (AvgIpc) is 2.71. The van der Waals surface area contributed by atoms with E-state index in [4.69, 9.17) is 4.74 Å². The molecule has 1 aliphatic rings. The van der Waals surface area contributed by atoms with Gasteiger partial charge in [-0.3, -0.25) is 0 Å². The molecule has 0 saturated carbocycles. The van der Waals surface area contributed by atoms with Crippen LogP contribution >= 0.6 is 0 Å². The molecule has 1 aromatic carbocycles. The van der Waals surface area contributed by atoms with Gasteiger partial charge in [0.25, 0.3) is 0 Å². The molecule has 0 spiro atoms. The quantitative estimate of drug-likeness (QED) is 0.717. The zero-order chi connectivity index (χ0) is 9.10. The summed E-state index contributed by atoms with van der Waals surface area (Å²) >= 11 is -0.593. The Kier molecular flexibility index (Phi) is 2.95. The normalized spacial score (nSPS) is 17.6. The molecular formula is C11H15AsO. The third-order valence-corrected chi connectivity index (χ3v) is 8.29. The summed E-state index contributed by atoms with van der Waals surface area (Å²) in [4.78, 5) is 0. The van der Waals surface area contributed by atoms with Gasteiger partial charge in [0, 0.05) is 0 Å². The van der Waals surface area contributed by atoms with Crippen LogP contribution in [0, 0.1) is 0 Å². The Morgan fingerprint density at radius 3 is 2.23 bits per heavy atom. The topological polar surface area (TPSA) is 9.23 Å². The van der Waals surface area contributed by atoms with E-state index in [1.807, 2.05) is 0 Å². The molecule has 0 N–H and O–H groups in total. The van der Waals surface area contributed by atoms with Gasteiger partial charge in [-0.1, -0.05) is 0 Å². The van der Waals surface area contributed by atoms with E-state index in [0.717, 1.165) is 5.75 Å². The summed E-state index contributed by atoms with van der Waals surface area (Å²) in [7, 11) is 1.72. The zero-order valence-electron chi connectivity index (χ0n) is 7.99. The Bertz CT molecular complexity index is 262. The molecule has 0 radical (unpaired) electrons. The molecule has 13 heavy (non-hydrogen) atoms. The summed E-state index contributed by atoms with van der Waals surface area (Å²) in [5, 5.41) is 3.03. The predicted octanol–water partition coefficient (Wildman–Crippen LogP) is 2.19. The zero-order valence-corrected chi connectivity index (χ0v) is 9.87. The summed E-state index contributed by atoms with van der Waals surface area (Å²) in [6.07, 6.45) is 2.93. The molecule has 1 saturated heterocycles. The molecule has 70 valence electrons. The molecule has 0 aromatic heterocycles. The van der Waals surface area contributed by atoms with E-state index < -0.39 is 14.7 Å². The van der Waals surface area contributed by atoms with E-state index >= 15 is 0 Å². The second kappa shape index (κ2) is 4.19. The Labute approximate surface area is 84.4 Å². The first kappa shape index (κ1) is 9.15. The number of hydrogen-bond acceptors (Lipinski definition) is 1. The second-order valence-electron chi connectivity index (χ2n) is 3.39. The predicted molar refractivity (Wildman–Crippen MR) is 57.2 cm³/mol. The summed E-state index contributed by atoms with van der Waals surface area (Å²) in [5.74, 6) is 0.983. The van der Waals surface area contributed by atoms with Gasteiger partial charge in [0.2, 0.25) is 0 Å². The van der Waals surface area contributed by atoms with Gasteiger partial charge in [-0.15, -0.1) is 0 Å². The maximum absolute atomic E-state index is 5.15. The molecule has 1 aromatic rings. The van der Waals surface area contributed by atoms with Gasteiger partial charge in [-0.25, -0.2) is 0 Å². The van der Waals surface area contributed by atoms with Crippen LogP contribution in [0.15, 0.2) is 24.3 Å². The van der Waals surface area contributed by atoms with Crippen molar-refractivity contribution < 1.29 is 4.74 Å². The number of ether oxygens (including phenoxy) is 1. The number of benzene rings is 1. The third kappa shape index (κ3) is 2.08. The molecule has 1 aliphatic heterocycles. The monoisotopic (exact) mass is 238 g/mol. The van der Waals surface area contributed by atoms with Crippen molar-refractivity contribution in [3.8, 4) is 5.75 Å². The first-order valence-corrected chi connectivity index (χ1v) is 8.38. The molecule has 1 heterocycles. The van der Waals surface area contributed by atoms with E-state index in [9.17, 15) is 0 Å². The van der Waals surface area contributed by atoms with Gasteiger partial charge in [-0.05, 0) is 0 Å². The fourth-order valence-electron chi connectivity index (χ4n) is 1.77. The van der Waals surface area contributed by atoms with Crippen LogP contribution in [0.4, 0.5) is 0 Å². The van der Waals surface area contributed by atoms with Gasteiger partial charge in [0.15, 0.2) is 0 Å². The van der Waals surface area contributed by atoms with E-state index in [2.05, 4.69) is 24.3 Å². The minimum absolute atomic E-state index is 0.593. The van der Waals surface area contributed by atoms with Gasteiger partial charge in [0.1, 0.15) is 0 Å². The van der Waals surface area contributed by atoms with Crippen LogP contribution in [0.5, 0.6) is 5.75 Å². The SMILES string of the molecule is COc1ccc([As]2CCCC2)cc1. The Balaban J connectivity index is 2.12. The van der Waals surface area contributed by atoms with Crippen LogP contribution in [-0.4, -0.2) is 21.8 Å². The molecule has 0 atom stereocenters. The number of hydrogen-bond donors (Lipinski definition) is 0. The van der Waals surface area contributed by atoms with Crippen molar-refractivity contribution in [1.82, 2.24) is 0 Å². The minimum atomic E-state index is -0.593. The molecular weight excluding hydrogens is 223 g/mol. The fourth-order valence-corrected chi connectivity index (χ4v) is 7.06. The Morgan fingerprint density at radius 1 is 1.08 bits per heavy atom. The van der Waals surface area contributed by atoms with Gasteiger partial charge < -0.3 is 0 Å². The first-order valence-electron chi connectivity index (χ1n) is 4.79. The summed E-state index contributed by atoms with van der Waals surface area (Å²) < 4.78 is 6.78. The van der Waals surface area contributed by atoms with Crippen LogP contribution in [0.3, 0.4) is 0 Å². The summed E-state index contributed by atoms with van der Waals surface area (Å²) in [6, 6.07) is 8.74. The first-order chi connectivity index (χ1) is 6.40. The van der Waals surface area contributed by atoms with E-state index in [0.29, 0.717) is 0 Å². The standard InChI is InChI=1S/C11H15AsO/c1-13-11-6-4-10(5-7-11)12-8-2-3-9-12/h4-7H,2-3,8-9H2,1H3. The third-order valence-electron chi connectivity index (χ3n) is 2.54. The van der Waals surface area contributed by atoms with Crippen molar-refractivity contribution in [2.75, 3.05) is 7.11 Å². The number of methoxy groups -OCH3 is 1. The van der Waals surface area contributed by atoms with Gasteiger partial charge in [-0.2, -0.15) is 0 Å². The average molecular weight is 238 g/mol. The number of rotatable bonds is 2. The van der Waals surface area contributed by atoms with Crippen molar-refractivity contribution in [2.45, 2.75) is 23.3 Å². The molecule has 0 amide bonds. The maximum atomic E-state index is 5.15. The Morgan fingerprint density at radius 2 is 1.69 bits per heavy atom. The molecule has 2 heteroatoms. The molecule has 0 aliphatic carbocycles. The van der Waals surface area contributed by atoms with Crippen LogP contribution < -0.4 is 9.09 Å². The van der Waals surface area contributed by atoms with Gasteiger partial charge >= 0.3 is 84.1 Å².